The molecule has 0 fully saturated rings. The Kier molecular flexibility index (Phi) is 3.39. The molecule has 0 heterocycles. The molecule has 0 saturated heterocycles. The summed E-state index contributed by atoms with van der Waals surface area (Å²) in [5, 5.41) is 0.0747. The molecule has 0 aliphatic heterocycles. The molecule has 0 amide bonds. The fourth-order valence-electron chi connectivity index (χ4n) is 1.54. The van der Waals surface area contributed by atoms with Gasteiger partial charge in [0.15, 0.2) is 5.78 Å². The van der Waals surface area contributed by atoms with Crippen molar-refractivity contribution in [3.8, 4) is 0 Å². The number of halogens is 4. The van der Waals surface area contributed by atoms with E-state index in [9.17, 15) is 18.0 Å². The van der Waals surface area contributed by atoms with Gasteiger partial charge in [-0.2, -0.15) is 0 Å². The maximum absolute atomic E-state index is 13.4. The average Bonchev–Trinajstić information content (AvgIpc) is 2.27. The molecule has 2 aromatic carbocycles. The topological polar surface area (TPSA) is 17.1 Å². The van der Waals surface area contributed by atoms with Crippen molar-refractivity contribution in [2.45, 2.75) is 0 Å². The van der Waals surface area contributed by atoms with E-state index >= 15 is 0 Å². The minimum Gasteiger partial charge on any atom is -0.288 e. The molecule has 18 heavy (non-hydrogen) atoms. The van der Waals surface area contributed by atoms with Crippen LogP contribution in [-0.4, -0.2) is 5.78 Å². The van der Waals surface area contributed by atoms with Gasteiger partial charge < -0.3 is 0 Å². The summed E-state index contributed by atoms with van der Waals surface area (Å²) < 4.78 is 39.6. The zero-order chi connectivity index (χ0) is 13.3. The SMILES string of the molecule is O=C(c1ccccc1Cl)c1c(F)cc(F)cc1F. The van der Waals surface area contributed by atoms with Gasteiger partial charge in [0.2, 0.25) is 0 Å². The van der Waals surface area contributed by atoms with E-state index in [1.54, 1.807) is 6.07 Å². The van der Waals surface area contributed by atoms with Crippen LogP contribution in [0.15, 0.2) is 36.4 Å². The van der Waals surface area contributed by atoms with Gasteiger partial charge in [-0.15, -0.1) is 0 Å². The highest BCUT2D eigenvalue weighted by Crippen LogP contribution is 2.23. The summed E-state index contributed by atoms with van der Waals surface area (Å²) in [6.45, 7) is 0. The Balaban J connectivity index is 2.57. The van der Waals surface area contributed by atoms with E-state index in [-0.39, 0.29) is 10.6 Å². The highest BCUT2D eigenvalue weighted by molar-refractivity contribution is 6.35. The highest BCUT2D eigenvalue weighted by atomic mass is 35.5. The Morgan fingerprint density at radius 1 is 1.00 bits per heavy atom. The summed E-state index contributed by atoms with van der Waals surface area (Å²) >= 11 is 5.77. The van der Waals surface area contributed by atoms with E-state index in [0.717, 1.165) is 0 Å². The number of ketones is 1. The van der Waals surface area contributed by atoms with Gasteiger partial charge in [0.25, 0.3) is 0 Å². The first-order chi connectivity index (χ1) is 8.50. The third kappa shape index (κ3) is 2.24. The molecule has 0 spiro atoms. The Labute approximate surface area is 106 Å². The Hall–Kier alpha value is -1.81. The van der Waals surface area contributed by atoms with Crippen molar-refractivity contribution in [1.29, 1.82) is 0 Å². The quantitative estimate of drug-likeness (QED) is 0.754. The molecule has 0 saturated carbocycles. The third-order valence-electron chi connectivity index (χ3n) is 2.35. The summed E-state index contributed by atoms with van der Waals surface area (Å²) in [7, 11) is 0. The average molecular weight is 271 g/mol. The lowest BCUT2D eigenvalue weighted by molar-refractivity contribution is 0.103. The van der Waals surface area contributed by atoms with Crippen molar-refractivity contribution in [1.82, 2.24) is 0 Å². The van der Waals surface area contributed by atoms with E-state index in [4.69, 9.17) is 11.6 Å². The second-order valence-corrected chi connectivity index (χ2v) is 3.96. The predicted molar refractivity (Wildman–Crippen MR) is 61.2 cm³/mol. The molecule has 92 valence electrons. The predicted octanol–water partition coefficient (Wildman–Crippen LogP) is 3.99. The fourth-order valence-corrected chi connectivity index (χ4v) is 1.76. The van der Waals surface area contributed by atoms with E-state index in [0.29, 0.717) is 12.1 Å². The fraction of sp³-hybridized carbons (Fsp3) is 0. The lowest BCUT2D eigenvalue weighted by Crippen LogP contribution is -2.08. The van der Waals surface area contributed by atoms with Crippen LogP contribution in [0.25, 0.3) is 0 Å². The van der Waals surface area contributed by atoms with E-state index < -0.39 is 28.8 Å². The van der Waals surface area contributed by atoms with Gasteiger partial charge in [0, 0.05) is 17.7 Å². The Morgan fingerprint density at radius 2 is 1.56 bits per heavy atom. The minimum absolute atomic E-state index is 0.0384. The zero-order valence-corrected chi connectivity index (χ0v) is 9.64. The second-order valence-electron chi connectivity index (χ2n) is 3.55. The van der Waals surface area contributed by atoms with Gasteiger partial charge in [-0.3, -0.25) is 4.79 Å². The first-order valence-corrected chi connectivity index (χ1v) is 5.32. The number of hydrogen-bond donors (Lipinski definition) is 0. The standard InChI is InChI=1S/C13H6ClF3O/c14-9-4-2-1-3-8(9)13(18)12-10(16)5-7(15)6-11(12)17/h1-6H. The molecule has 2 aromatic rings. The monoisotopic (exact) mass is 270 g/mol. The van der Waals surface area contributed by atoms with Crippen molar-refractivity contribution < 1.29 is 18.0 Å². The maximum Gasteiger partial charge on any atom is 0.200 e. The van der Waals surface area contributed by atoms with Crippen LogP contribution in [0.5, 0.6) is 0 Å². The second kappa shape index (κ2) is 4.82. The van der Waals surface area contributed by atoms with Crippen molar-refractivity contribution in [2.75, 3.05) is 0 Å². The van der Waals surface area contributed by atoms with Crippen LogP contribution >= 0.6 is 11.6 Å². The molecule has 5 heteroatoms. The molecule has 0 atom stereocenters. The van der Waals surface area contributed by atoms with Crippen LogP contribution in [0.1, 0.15) is 15.9 Å². The molecule has 0 unspecified atom stereocenters. The third-order valence-corrected chi connectivity index (χ3v) is 2.68. The van der Waals surface area contributed by atoms with Crippen LogP contribution in [0.3, 0.4) is 0 Å². The summed E-state index contributed by atoms with van der Waals surface area (Å²) in [6, 6.07) is 6.76. The molecular formula is C13H6ClF3O. The number of hydrogen-bond acceptors (Lipinski definition) is 1. The number of carbonyl (C=O) groups is 1. The smallest absolute Gasteiger partial charge is 0.200 e. The van der Waals surface area contributed by atoms with Crippen molar-refractivity contribution in [2.24, 2.45) is 0 Å². The molecular weight excluding hydrogens is 265 g/mol. The molecule has 2 rings (SSSR count). The lowest BCUT2D eigenvalue weighted by Gasteiger charge is -2.06. The van der Waals surface area contributed by atoms with Crippen molar-refractivity contribution in [3.05, 3.63) is 70.0 Å². The van der Waals surface area contributed by atoms with Crippen LogP contribution in [-0.2, 0) is 0 Å². The van der Waals surface area contributed by atoms with Crippen molar-refractivity contribution >= 4 is 17.4 Å². The summed E-state index contributed by atoms with van der Waals surface area (Å²) in [5.41, 5.74) is -0.854. The molecule has 0 aliphatic carbocycles. The summed E-state index contributed by atoms with van der Waals surface area (Å²) in [6.07, 6.45) is 0. The van der Waals surface area contributed by atoms with Crippen molar-refractivity contribution in [3.63, 3.8) is 0 Å². The Bertz CT molecular complexity index is 602. The number of benzene rings is 2. The van der Waals surface area contributed by atoms with E-state index in [1.807, 2.05) is 0 Å². The van der Waals surface area contributed by atoms with Crippen LogP contribution in [0.2, 0.25) is 5.02 Å². The largest absolute Gasteiger partial charge is 0.288 e. The van der Waals surface area contributed by atoms with E-state index in [2.05, 4.69) is 0 Å². The first-order valence-electron chi connectivity index (χ1n) is 4.94. The molecule has 0 aromatic heterocycles. The minimum atomic E-state index is -1.25. The highest BCUT2D eigenvalue weighted by Gasteiger charge is 2.21. The summed E-state index contributed by atoms with van der Waals surface area (Å²) in [4.78, 5) is 11.9. The van der Waals surface area contributed by atoms with Gasteiger partial charge in [-0.05, 0) is 12.1 Å². The Morgan fingerprint density at radius 3 is 2.11 bits per heavy atom. The summed E-state index contributed by atoms with van der Waals surface area (Å²) in [5.74, 6) is -4.51. The molecule has 0 radical (unpaired) electrons. The molecule has 0 aliphatic rings. The zero-order valence-electron chi connectivity index (χ0n) is 8.88. The van der Waals surface area contributed by atoms with Crippen LogP contribution < -0.4 is 0 Å². The van der Waals surface area contributed by atoms with Crippen LogP contribution in [0, 0.1) is 17.5 Å². The normalized spacial score (nSPS) is 10.4. The van der Waals surface area contributed by atoms with Gasteiger partial charge in [0.05, 0.1) is 10.6 Å². The molecule has 0 bridgehead atoms. The van der Waals surface area contributed by atoms with Gasteiger partial charge in [-0.25, -0.2) is 13.2 Å². The van der Waals surface area contributed by atoms with Gasteiger partial charge in [-0.1, -0.05) is 23.7 Å². The van der Waals surface area contributed by atoms with Gasteiger partial charge >= 0.3 is 0 Å². The number of rotatable bonds is 2. The first kappa shape index (κ1) is 12.6. The number of carbonyl (C=O) groups excluding carboxylic acids is 1. The molecule has 1 nitrogen and oxygen atoms in total. The van der Waals surface area contributed by atoms with E-state index in [1.165, 1.54) is 18.2 Å². The molecule has 0 N–H and O–H groups in total. The lowest BCUT2D eigenvalue weighted by atomic mass is 10.0. The maximum atomic E-state index is 13.4. The van der Waals surface area contributed by atoms with Crippen LogP contribution in [0.4, 0.5) is 13.2 Å². The van der Waals surface area contributed by atoms with Gasteiger partial charge in [0.1, 0.15) is 17.5 Å².